The lowest BCUT2D eigenvalue weighted by atomic mass is 10.0. The molecule has 0 aliphatic carbocycles. The van der Waals surface area contributed by atoms with Gasteiger partial charge in [0.1, 0.15) is 5.75 Å². The first kappa shape index (κ1) is 12.9. The third-order valence-corrected chi connectivity index (χ3v) is 2.15. The van der Waals surface area contributed by atoms with Crippen LogP contribution in [0.2, 0.25) is 0 Å². The van der Waals surface area contributed by atoms with Gasteiger partial charge in [-0.25, -0.2) is 0 Å². The minimum atomic E-state index is -1.35. The molecule has 1 aromatic rings. The van der Waals surface area contributed by atoms with Gasteiger partial charge in [-0.05, 0) is 6.07 Å². The topological polar surface area (TPSA) is 110 Å². The number of aliphatic carboxylic acids is 1. The van der Waals surface area contributed by atoms with Crippen molar-refractivity contribution < 1.29 is 24.7 Å². The zero-order valence-electron chi connectivity index (χ0n) is 8.99. The number of ether oxygens (including phenoxy) is 1. The van der Waals surface area contributed by atoms with Crippen molar-refractivity contribution in [2.24, 2.45) is 0 Å². The second-order valence-electron chi connectivity index (χ2n) is 3.30. The number of carboxylic acids is 1. The van der Waals surface area contributed by atoms with Gasteiger partial charge in [-0.3, -0.25) is 14.9 Å². The molecule has 92 valence electrons. The lowest BCUT2D eigenvalue weighted by molar-refractivity contribution is -0.385. The van der Waals surface area contributed by atoms with Crippen LogP contribution < -0.4 is 4.74 Å². The second kappa shape index (κ2) is 5.26. The van der Waals surface area contributed by atoms with Gasteiger partial charge in [0.05, 0.1) is 24.6 Å². The highest BCUT2D eigenvalue weighted by molar-refractivity contribution is 5.68. The Morgan fingerprint density at radius 3 is 2.71 bits per heavy atom. The van der Waals surface area contributed by atoms with Gasteiger partial charge < -0.3 is 14.9 Å². The average Bonchev–Trinajstić information content (AvgIpc) is 2.27. The summed E-state index contributed by atoms with van der Waals surface area (Å²) in [5.41, 5.74) is -0.144. The maximum absolute atomic E-state index is 10.6. The Balaban J connectivity index is 3.13. The highest BCUT2D eigenvalue weighted by Crippen LogP contribution is 2.30. The molecule has 0 heterocycles. The molecule has 0 aliphatic heterocycles. The Morgan fingerprint density at radius 2 is 2.24 bits per heavy atom. The quantitative estimate of drug-likeness (QED) is 0.590. The van der Waals surface area contributed by atoms with Crippen molar-refractivity contribution in [2.45, 2.75) is 12.5 Å². The smallest absolute Gasteiger partial charge is 0.306 e. The summed E-state index contributed by atoms with van der Waals surface area (Å²) in [6, 6.07) is 3.64. The van der Waals surface area contributed by atoms with Crippen molar-refractivity contribution in [3.05, 3.63) is 33.9 Å². The van der Waals surface area contributed by atoms with Crippen LogP contribution in [0.4, 0.5) is 5.69 Å². The number of hydrogen-bond acceptors (Lipinski definition) is 5. The number of nitrogens with zero attached hydrogens (tertiary/aromatic N) is 1. The molecule has 0 bridgehead atoms. The molecule has 0 unspecified atom stereocenters. The van der Waals surface area contributed by atoms with Crippen LogP contribution in [0.3, 0.4) is 0 Å². The normalized spacial score (nSPS) is 11.9. The molecular formula is C10H11NO6. The maximum Gasteiger partial charge on any atom is 0.306 e. The SMILES string of the molecule is COc1ccc([N+](=O)[O-])cc1[C@@H](O)CC(=O)O. The fraction of sp³-hybridized carbons (Fsp3) is 0.300. The Morgan fingerprint density at radius 1 is 1.59 bits per heavy atom. The van der Waals surface area contributed by atoms with Crippen LogP contribution in [0.25, 0.3) is 0 Å². The van der Waals surface area contributed by atoms with Gasteiger partial charge >= 0.3 is 5.97 Å². The standard InChI is InChI=1S/C10H11NO6/c1-17-9-3-2-6(11(15)16)4-7(9)8(12)5-10(13)14/h2-4,8,12H,5H2,1H3,(H,13,14)/t8-/m0/s1. The third-order valence-electron chi connectivity index (χ3n) is 2.15. The molecular weight excluding hydrogens is 230 g/mol. The van der Waals surface area contributed by atoms with E-state index in [0.29, 0.717) is 0 Å². The van der Waals surface area contributed by atoms with E-state index in [1.165, 1.54) is 19.2 Å². The molecule has 7 heteroatoms. The zero-order valence-corrected chi connectivity index (χ0v) is 8.99. The summed E-state index contributed by atoms with van der Waals surface area (Å²) in [5.74, 6) is -0.990. The molecule has 0 radical (unpaired) electrons. The van der Waals surface area contributed by atoms with Crippen molar-refractivity contribution >= 4 is 11.7 Å². The minimum Gasteiger partial charge on any atom is -0.496 e. The second-order valence-corrected chi connectivity index (χ2v) is 3.30. The molecule has 0 aromatic heterocycles. The minimum absolute atomic E-state index is 0.0871. The Kier molecular flexibility index (Phi) is 4.00. The van der Waals surface area contributed by atoms with Crippen LogP contribution in [0.15, 0.2) is 18.2 Å². The molecule has 0 aliphatic rings. The fourth-order valence-electron chi connectivity index (χ4n) is 1.37. The van der Waals surface area contributed by atoms with Crippen LogP contribution in [-0.2, 0) is 4.79 Å². The summed E-state index contributed by atoms with van der Waals surface area (Å²) in [6.45, 7) is 0. The van der Waals surface area contributed by atoms with Crippen molar-refractivity contribution in [3.8, 4) is 5.75 Å². The first-order chi connectivity index (χ1) is 7.95. The number of hydrogen-bond donors (Lipinski definition) is 2. The highest BCUT2D eigenvalue weighted by Gasteiger charge is 2.20. The van der Waals surface area contributed by atoms with E-state index in [-0.39, 0.29) is 17.0 Å². The summed E-state index contributed by atoms with van der Waals surface area (Å²) in [6.07, 6.45) is -1.89. The predicted molar refractivity (Wildman–Crippen MR) is 56.9 cm³/mol. The maximum atomic E-state index is 10.6. The molecule has 0 saturated carbocycles. The van der Waals surface area contributed by atoms with Gasteiger partial charge in [0.15, 0.2) is 0 Å². The number of benzene rings is 1. The lowest BCUT2D eigenvalue weighted by Crippen LogP contribution is -2.07. The van der Waals surface area contributed by atoms with Gasteiger partial charge in [-0.15, -0.1) is 0 Å². The Labute approximate surface area is 96.4 Å². The number of non-ortho nitro benzene ring substituents is 1. The third kappa shape index (κ3) is 3.15. The van der Waals surface area contributed by atoms with Crippen molar-refractivity contribution in [1.82, 2.24) is 0 Å². The molecule has 1 rings (SSSR count). The number of methoxy groups -OCH3 is 1. The summed E-state index contributed by atoms with van der Waals surface area (Å²) >= 11 is 0. The average molecular weight is 241 g/mol. The molecule has 0 spiro atoms. The number of rotatable bonds is 5. The van der Waals surface area contributed by atoms with Gasteiger partial charge in [-0.1, -0.05) is 0 Å². The van der Waals surface area contributed by atoms with Gasteiger partial charge in [0.25, 0.3) is 5.69 Å². The number of aliphatic hydroxyl groups excluding tert-OH is 1. The van der Waals surface area contributed by atoms with E-state index in [9.17, 15) is 20.0 Å². The molecule has 0 fully saturated rings. The van der Waals surface area contributed by atoms with E-state index < -0.39 is 23.4 Å². The Hall–Kier alpha value is -2.15. The number of aliphatic hydroxyl groups is 1. The van der Waals surface area contributed by atoms with E-state index in [1.54, 1.807) is 0 Å². The molecule has 1 atom stereocenters. The molecule has 2 N–H and O–H groups in total. The summed E-state index contributed by atoms with van der Waals surface area (Å²) in [5, 5.41) is 28.7. The van der Waals surface area contributed by atoms with Crippen molar-refractivity contribution in [1.29, 1.82) is 0 Å². The number of nitro groups is 1. The van der Waals surface area contributed by atoms with Gasteiger partial charge in [0, 0.05) is 17.7 Å². The van der Waals surface area contributed by atoms with Crippen LogP contribution in [0, 0.1) is 10.1 Å². The first-order valence-corrected chi connectivity index (χ1v) is 4.68. The zero-order chi connectivity index (χ0) is 13.0. The molecule has 17 heavy (non-hydrogen) atoms. The van der Waals surface area contributed by atoms with Crippen LogP contribution in [0.1, 0.15) is 18.1 Å². The Bertz CT molecular complexity index is 444. The van der Waals surface area contributed by atoms with Crippen molar-refractivity contribution in [2.75, 3.05) is 7.11 Å². The summed E-state index contributed by atoms with van der Waals surface area (Å²) < 4.78 is 4.91. The van der Waals surface area contributed by atoms with E-state index in [0.717, 1.165) is 6.07 Å². The first-order valence-electron chi connectivity index (χ1n) is 4.68. The summed E-state index contributed by atoms with van der Waals surface area (Å²) in [4.78, 5) is 20.4. The number of carbonyl (C=O) groups is 1. The van der Waals surface area contributed by atoms with Gasteiger partial charge in [-0.2, -0.15) is 0 Å². The summed E-state index contributed by atoms with van der Waals surface area (Å²) in [7, 11) is 1.33. The molecule has 7 nitrogen and oxygen atoms in total. The fourth-order valence-corrected chi connectivity index (χ4v) is 1.37. The van der Waals surface area contributed by atoms with E-state index in [1.807, 2.05) is 0 Å². The van der Waals surface area contributed by atoms with E-state index in [4.69, 9.17) is 9.84 Å². The molecule has 0 amide bonds. The molecule has 1 aromatic carbocycles. The van der Waals surface area contributed by atoms with Crippen LogP contribution >= 0.6 is 0 Å². The van der Waals surface area contributed by atoms with Crippen LogP contribution in [0.5, 0.6) is 5.75 Å². The number of carboxylic acid groups (broad SMARTS) is 1. The van der Waals surface area contributed by atoms with Gasteiger partial charge in [0.2, 0.25) is 0 Å². The largest absolute Gasteiger partial charge is 0.496 e. The van der Waals surface area contributed by atoms with E-state index >= 15 is 0 Å². The van der Waals surface area contributed by atoms with Crippen LogP contribution in [-0.4, -0.2) is 28.2 Å². The lowest BCUT2D eigenvalue weighted by Gasteiger charge is -2.12. The monoisotopic (exact) mass is 241 g/mol. The molecule has 0 saturated heterocycles. The van der Waals surface area contributed by atoms with E-state index in [2.05, 4.69) is 0 Å². The highest BCUT2D eigenvalue weighted by atomic mass is 16.6. The predicted octanol–water partition coefficient (Wildman–Crippen LogP) is 1.11. The van der Waals surface area contributed by atoms with Crippen molar-refractivity contribution in [3.63, 3.8) is 0 Å². The number of nitro benzene ring substituents is 1.